The number of hydrogen-bond acceptors (Lipinski definition) is 3. The molecule has 0 spiro atoms. The molecule has 4 N–H and O–H groups in total. The van der Waals surface area contributed by atoms with Gasteiger partial charge in [-0.05, 0) is 6.42 Å². The Hall–Kier alpha value is -0.380. The summed E-state index contributed by atoms with van der Waals surface area (Å²) in [4.78, 5) is 0. The van der Waals surface area contributed by atoms with Gasteiger partial charge >= 0.3 is 0 Å². The van der Waals surface area contributed by atoms with Gasteiger partial charge in [0.2, 0.25) is 0 Å². The Balaban J connectivity index is 3.23. The molecule has 0 aliphatic rings. The summed E-state index contributed by atoms with van der Waals surface area (Å²) in [6.07, 6.45) is 18.3. The van der Waals surface area contributed by atoms with Crippen LogP contribution in [0.15, 0.2) is 12.2 Å². The van der Waals surface area contributed by atoms with E-state index in [0.717, 1.165) is 12.8 Å². The van der Waals surface area contributed by atoms with Crippen LogP contribution < -0.4 is 5.73 Å². The molecule has 0 saturated carbocycles. The molecule has 0 aromatic carbocycles. The molecule has 0 saturated heterocycles. The van der Waals surface area contributed by atoms with Gasteiger partial charge in [-0.1, -0.05) is 89.7 Å². The minimum Gasteiger partial charge on any atom is -0.394 e. The van der Waals surface area contributed by atoms with E-state index in [9.17, 15) is 5.11 Å². The van der Waals surface area contributed by atoms with Crippen molar-refractivity contribution in [3.05, 3.63) is 12.2 Å². The summed E-state index contributed by atoms with van der Waals surface area (Å²) in [6, 6.07) is -0.350. The number of rotatable bonds is 15. The van der Waals surface area contributed by atoms with Crippen LogP contribution in [0.2, 0.25) is 0 Å². The fourth-order valence-corrected chi connectivity index (χ4v) is 2.45. The summed E-state index contributed by atoms with van der Waals surface area (Å²) < 4.78 is 0. The van der Waals surface area contributed by atoms with Gasteiger partial charge in [0.15, 0.2) is 0 Å². The third-order valence-electron chi connectivity index (χ3n) is 3.89. The Labute approximate surface area is 131 Å². The summed E-state index contributed by atoms with van der Waals surface area (Å²) in [5, 5.41) is 18.5. The largest absolute Gasteiger partial charge is 0.394 e. The maximum absolute atomic E-state index is 9.71. The zero-order chi connectivity index (χ0) is 15.8. The average Bonchev–Trinajstić information content (AvgIpc) is 2.50. The molecule has 2 unspecified atom stereocenters. The quantitative estimate of drug-likeness (QED) is 0.317. The maximum atomic E-state index is 9.71. The lowest BCUT2D eigenvalue weighted by Crippen LogP contribution is -2.21. The van der Waals surface area contributed by atoms with E-state index in [4.69, 9.17) is 10.8 Å². The Morgan fingerprint density at radius 2 is 1.29 bits per heavy atom. The molecular weight excluding hydrogens is 262 g/mol. The third-order valence-corrected chi connectivity index (χ3v) is 3.89. The van der Waals surface area contributed by atoms with E-state index in [1.165, 1.54) is 64.2 Å². The molecule has 0 bridgehead atoms. The fourth-order valence-electron chi connectivity index (χ4n) is 2.45. The van der Waals surface area contributed by atoms with Crippen molar-refractivity contribution >= 4 is 0 Å². The first kappa shape index (κ1) is 20.6. The standard InChI is InChI=1S/C18H37NO2/c1-2-3-4-5-6-7-8-9-10-11-12-13-18(21)15-14-17(19)16-20/h14-15,17-18,20-21H,2-13,16,19H2,1H3/b15-14+. The summed E-state index contributed by atoms with van der Waals surface area (Å²) in [7, 11) is 0. The van der Waals surface area contributed by atoms with Crippen molar-refractivity contribution in [1.82, 2.24) is 0 Å². The lowest BCUT2D eigenvalue weighted by molar-refractivity contribution is 0.206. The van der Waals surface area contributed by atoms with Gasteiger partial charge in [-0.3, -0.25) is 0 Å². The molecule has 0 aliphatic heterocycles. The topological polar surface area (TPSA) is 66.5 Å². The van der Waals surface area contributed by atoms with Gasteiger partial charge < -0.3 is 15.9 Å². The minimum atomic E-state index is -0.416. The molecule has 0 heterocycles. The van der Waals surface area contributed by atoms with Crippen LogP contribution in [-0.2, 0) is 0 Å². The number of unbranched alkanes of at least 4 members (excludes halogenated alkanes) is 10. The molecular formula is C18H37NO2. The first-order valence-corrected chi connectivity index (χ1v) is 8.93. The highest BCUT2D eigenvalue weighted by Crippen LogP contribution is 2.12. The van der Waals surface area contributed by atoms with Crippen molar-refractivity contribution < 1.29 is 10.2 Å². The van der Waals surface area contributed by atoms with Crippen molar-refractivity contribution in [1.29, 1.82) is 0 Å². The Bertz CT molecular complexity index is 231. The number of aliphatic hydroxyl groups is 2. The number of nitrogens with two attached hydrogens (primary N) is 1. The first-order chi connectivity index (χ1) is 10.2. The second kappa shape index (κ2) is 16.0. The minimum absolute atomic E-state index is 0.0678. The van der Waals surface area contributed by atoms with E-state index in [0.29, 0.717) is 0 Å². The van der Waals surface area contributed by atoms with Crippen molar-refractivity contribution in [3.63, 3.8) is 0 Å². The second-order valence-electron chi connectivity index (χ2n) is 6.12. The molecule has 0 rings (SSSR count). The van der Waals surface area contributed by atoms with Crippen LogP contribution in [0.25, 0.3) is 0 Å². The highest BCUT2D eigenvalue weighted by molar-refractivity contribution is 4.95. The molecule has 0 aromatic heterocycles. The monoisotopic (exact) mass is 299 g/mol. The molecule has 0 aromatic rings. The van der Waals surface area contributed by atoms with Gasteiger partial charge in [0.05, 0.1) is 12.7 Å². The lowest BCUT2D eigenvalue weighted by Gasteiger charge is -2.07. The van der Waals surface area contributed by atoms with Crippen molar-refractivity contribution in [2.24, 2.45) is 5.73 Å². The molecule has 0 radical (unpaired) electrons. The van der Waals surface area contributed by atoms with Gasteiger partial charge in [0, 0.05) is 6.04 Å². The molecule has 3 heteroatoms. The summed E-state index contributed by atoms with van der Waals surface area (Å²) in [5.41, 5.74) is 5.53. The highest BCUT2D eigenvalue weighted by atomic mass is 16.3. The fraction of sp³-hybridized carbons (Fsp3) is 0.889. The van der Waals surface area contributed by atoms with E-state index in [2.05, 4.69) is 6.92 Å². The van der Waals surface area contributed by atoms with Gasteiger partial charge in [-0.15, -0.1) is 0 Å². The van der Waals surface area contributed by atoms with Gasteiger partial charge in [0.25, 0.3) is 0 Å². The van der Waals surface area contributed by atoms with Gasteiger partial charge in [-0.2, -0.15) is 0 Å². The zero-order valence-corrected chi connectivity index (χ0v) is 14.0. The van der Waals surface area contributed by atoms with Crippen LogP contribution in [0.3, 0.4) is 0 Å². The van der Waals surface area contributed by atoms with E-state index >= 15 is 0 Å². The summed E-state index contributed by atoms with van der Waals surface area (Å²) in [5.74, 6) is 0. The van der Waals surface area contributed by atoms with Gasteiger partial charge in [0.1, 0.15) is 0 Å². The normalized spacial score (nSPS) is 14.7. The van der Waals surface area contributed by atoms with Crippen LogP contribution in [0, 0.1) is 0 Å². The van der Waals surface area contributed by atoms with E-state index < -0.39 is 6.10 Å². The molecule has 3 nitrogen and oxygen atoms in total. The number of aliphatic hydroxyl groups excluding tert-OH is 2. The molecule has 0 aliphatic carbocycles. The first-order valence-electron chi connectivity index (χ1n) is 8.93. The number of hydrogen-bond donors (Lipinski definition) is 3. The van der Waals surface area contributed by atoms with Crippen molar-refractivity contribution in [2.45, 2.75) is 96.1 Å². The molecule has 21 heavy (non-hydrogen) atoms. The lowest BCUT2D eigenvalue weighted by atomic mass is 10.0. The molecule has 0 amide bonds. The average molecular weight is 299 g/mol. The Kier molecular flexibility index (Phi) is 15.7. The van der Waals surface area contributed by atoms with E-state index in [-0.39, 0.29) is 12.6 Å². The highest BCUT2D eigenvalue weighted by Gasteiger charge is 2.00. The molecule has 0 fully saturated rings. The second-order valence-corrected chi connectivity index (χ2v) is 6.12. The van der Waals surface area contributed by atoms with Crippen LogP contribution in [0.5, 0.6) is 0 Å². The molecule has 2 atom stereocenters. The van der Waals surface area contributed by atoms with Crippen molar-refractivity contribution in [2.75, 3.05) is 6.61 Å². The van der Waals surface area contributed by atoms with Crippen LogP contribution in [-0.4, -0.2) is 29.0 Å². The third kappa shape index (κ3) is 15.8. The van der Waals surface area contributed by atoms with Crippen LogP contribution in [0.4, 0.5) is 0 Å². The smallest absolute Gasteiger partial charge is 0.0721 e. The summed E-state index contributed by atoms with van der Waals surface area (Å²) >= 11 is 0. The van der Waals surface area contributed by atoms with Gasteiger partial charge in [-0.25, -0.2) is 0 Å². The van der Waals surface area contributed by atoms with Crippen LogP contribution in [0.1, 0.15) is 84.0 Å². The molecule has 126 valence electrons. The van der Waals surface area contributed by atoms with E-state index in [1.807, 2.05) is 0 Å². The van der Waals surface area contributed by atoms with E-state index in [1.54, 1.807) is 12.2 Å². The Morgan fingerprint density at radius 1 is 0.810 bits per heavy atom. The summed E-state index contributed by atoms with van der Waals surface area (Å²) in [6.45, 7) is 2.19. The Morgan fingerprint density at radius 3 is 1.76 bits per heavy atom. The zero-order valence-electron chi connectivity index (χ0n) is 14.0. The maximum Gasteiger partial charge on any atom is 0.0721 e. The predicted molar refractivity (Wildman–Crippen MR) is 91.3 cm³/mol. The SMILES string of the molecule is CCCCCCCCCCCCCC(O)/C=C/C(N)CO. The van der Waals surface area contributed by atoms with Crippen molar-refractivity contribution in [3.8, 4) is 0 Å². The van der Waals surface area contributed by atoms with Crippen LogP contribution >= 0.6 is 0 Å². The predicted octanol–water partition coefficient (Wildman–Crippen LogP) is 3.92.